The lowest BCUT2D eigenvalue weighted by Gasteiger charge is -2.41. The number of carbonyl (C=O) groups excluding carboxylic acids is 1. The Morgan fingerprint density at radius 1 is 0.788 bits per heavy atom. The van der Waals surface area contributed by atoms with Crippen LogP contribution in [0.25, 0.3) is 0 Å². The SMILES string of the molecule is O=C(C1COc2ccccc2O1)N1CCN(C(c2ccc(F)cc2)c2ccc(F)cc2)CC1. The summed E-state index contributed by atoms with van der Waals surface area (Å²) < 4.78 is 38.6. The zero-order valence-corrected chi connectivity index (χ0v) is 18.0. The Balaban J connectivity index is 1.29. The van der Waals surface area contributed by atoms with Crippen LogP contribution in [-0.4, -0.2) is 54.6 Å². The van der Waals surface area contributed by atoms with Crippen LogP contribution in [-0.2, 0) is 4.79 Å². The van der Waals surface area contributed by atoms with Gasteiger partial charge in [0.2, 0.25) is 6.10 Å². The number of amides is 1. The molecule has 3 aromatic carbocycles. The summed E-state index contributed by atoms with van der Waals surface area (Å²) in [5.41, 5.74) is 1.84. The monoisotopic (exact) mass is 450 g/mol. The lowest BCUT2D eigenvalue weighted by molar-refractivity contribution is -0.143. The molecule has 0 radical (unpaired) electrons. The summed E-state index contributed by atoms with van der Waals surface area (Å²) in [5, 5.41) is 0. The molecule has 1 atom stereocenters. The van der Waals surface area contributed by atoms with Gasteiger partial charge >= 0.3 is 0 Å². The minimum absolute atomic E-state index is 0.0933. The molecule has 5 nitrogen and oxygen atoms in total. The molecule has 2 aliphatic heterocycles. The summed E-state index contributed by atoms with van der Waals surface area (Å²) in [6.45, 7) is 2.48. The smallest absolute Gasteiger partial charge is 0.267 e. The molecule has 1 fully saturated rings. The number of hydrogen-bond donors (Lipinski definition) is 0. The van der Waals surface area contributed by atoms with E-state index in [1.165, 1.54) is 24.3 Å². The normalized spacial score (nSPS) is 18.4. The molecule has 7 heteroatoms. The topological polar surface area (TPSA) is 42.0 Å². The molecule has 0 saturated carbocycles. The third-order valence-corrected chi connectivity index (χ3v) is 6.15. The van der Waals surface area contributed by atoms with Gasteiger partial charge in [-0.15, -0.1) is 0 Å². The number of rotatable bonds is 4. The lowest BCUT2D eigenvalue weighted by Crippen LogP contribution is -2.54. The van der Waals surface area contributed by atoms with E-state index in [0.29, 0.717) is 37.7 Å². The second-order valence-electron chi connectivity index (χ2n) is 8.23. The molecule has 2 aliphatic rings. The molecular weight excluding hydrogens is 426 g/mol. The Kier molecular flexibility index (Phi) is 5.96. The Morgan fingerprint density at radius 2 is 1.33 bits per heavy atom. The molecule has 1 saturated heterocycles. The Bertz CT molecular complexity index is 1070. The summed E-state index contributed by atoms with van der Waals surface area (Å²) >= 11 is 0. The van der Waals surface area contributed by atoms with Gasteiger partial charge in [-0.05, 0) is 47.5 Å². The van der Waals surface area contributed by atoms with E-state index in [4.69, 9.17) is 9.47 Å². The fourth-order valence-corrected chi connectivity index (χ4v) is 4.45. The van der Waals surface area contributed by atoms with Gasteiger partial charge in [-0.25, -0.2) is 8.78 Å². The van der Waals surface area contributed by atoms with Crippen molar-refractivity contribution in [2.75, 3.05) is 32.8 Å². The number of benzene rings is 3. The van der Waals surface area contributed by atoms with Crippen molar-refractivity contribution in [1.82, 2.24) is 9.80 Å². The van der Waals surface area contributed by atoms with Gasteiger partial charge in [-0.3, -0.25) is 9.69 Å². The first kappa shape index (κ1) is 21.4. The molecule has 1 unspecified atom stereocenters. The van der Waals surface area contributed by atoms with Crippen molar-refractivity contribution in [2.24, 2.45) is 0 Å². The Morgan fingerprint density at radius 3 is 1.91 bits per heavy atom. The number of hydrogen-bond acceptors (Lipinski definition) is 4. The van der Waals surface area contributed by atoms with E-state index in [0.717, 1.165) is 11.1 Å². The second-order valence-corrected chi connectivity index (χ2v) is 8.23. The fraction of sp³-hybridized carbons (Fsp3) is 0.269. The van der Waals surface area contributed by atoms with Crippen LogP contribution < -0.4 is 9.47 Å². The summed E-state index contributed by atoms with van der Waals surface area (Å²) in [7, 11) is 0. The van der Waals surface area contributed by atoms with Gasteiger partial charge in [0.15, 0.2) is 11.5 Å². The first-order chi connectivity index (χ1) is 16.1. The van der Waals surface area contributed by atoms with E-state index in [1.807, 2.05) is 18.2 Å². The van der Waals surface area contributed by atoms with Crippen molar-refractivity contribution < 1.29 is 23.0 Å². The van der Waals surface area contributed by atoms with Gasteiger partial charge in [0, 0.05) is 26.2 Å². The maximum absolute atomic E-state index is 13.5. The van der Waals surface area contributed by atoms with Crippen molar-refractivity contribution in [3.8, 4) is 11.5 Å². The third kappa shape index (κ3) is 4.54. The lowest BCUT2D eigenvalue weighted by atomic mass is 9.96. The molecule has 170 valence electrons. The van der Waals surface area contributed by atoms with Gasteiger partial charge < -0.3 is 14.4 Å². The number of halogens is 2. The number of carbonyl (C=O) groups is 1. The zero-order chi connectivity index (χ0) is 22.8. The number of piperazine rings is 1. The van der Waals surface area contributed by atoms with E-state index in [2.05, 4.69) is 4.90 Å². The largest absolute Gasteiger partial charge is 0.485 e. The fourth-order valence-electron chi connectivity index (χ4n) is 4.45. The standard InChI is InChI=1S/C26H24F2N2O3/c27-20-9-5-18(6-10-20)25(19-7-11-21(28)12-8-19)29-13-15-30(16-14-29)26(31)24-17-32-22-3-1-2-4-23(22)33-24/h1-12,24-25H,13-17H2. The summed E-state index contributed by atoms with van der Waals surface area (Å²) in [5.74, 6) is 0.525. The Labute approximate surface area is 191 Å². The maximum atomic E-state index is 13.5. The van der Waals surface area contributed by atoms with Crippen LogP contribution in [0.15, 0.2) is 72.8 Å². The quantitative estimate of drug-likeness (QED) is 0.602. The average molecular weight is 450 g/mol. The average Bonchev–Trinajstić information content (AvgIpc) is 2.86. The van der Waals surface area contributed by atoms with E-state index in [9.17, 15) is 13.6 Å². The van der Waals surface area contributed by atoms with E-state index < -0.39 is 6.10 Å². The minimum atomic E-state index is -0.670. The molecule has 0 aliphatic carbocycles. The van der Waals surface area contributed by atoms with Crippen LogP contribution in [0.5, 0.6) is 11.5 Å². The highest BCUT2D eigenvalue weighted by atomic mass is 19.1. The predicted octanol–water partition coefficient (Wildman–Crippen LogP) is 4.04. The van der Waals surface area contributed by atoms with Crippen LogP contribution >= 0.6 is 0 Å². The minimum Gasteiger partial charge on any atom is -0.485 e. The van der Waals surface area contributed by atoms with Crippen molar-refractivity contribution in [2.45, 2.75) is 12.1 Å². The van der Waals surface area contributed by atoms with Crippen molar-refractivity contribution in [3.05, 3.63) is 95.6 Å². The third-order valence-electron chi connectivity index (χ3n) is 6.15. The predicted molar refractivity (Wildman–Crippen MR) is 119 cm³/mol. The molecule has 1 amide bonds. The van der Waals surface area contributed by atoms with Crippen LogP contribution in [0.4, 0.5) is 8.78 Å². The number of nitrogens with zero attached hydrogens (tertiary/aromatic N) is 2. The number of fused-ring (bicyclic) bond motifs is 1. The van der Waals surface area contributed by atoms with E-state index in [-0.39, 0.29) is 30.2 Å². The number of ether oxygens (including phenoxy) is 2. The molecule has 33 heavy (non-hydrogen) atoms. The summed E-state index contributed by atoms with van der Waals surface area (Å²) in [4.78, 5) is 17.1. The van der Waals surface area contributed by atoms with Crippen LogP contribution in [0, 0.1) is 11.6 Å². The zero-order valence-electron chi connectivity index (χ0n) is 18.0. The van der Waals surface area contributed by atoms with Gasteiger partial charge in [-0.1, -0.05) is 36.4 Å². The molecule has 3 aromatic rings. The highest BCUT2D eigenvalue weighted by Gasteiger charge is 2.34. The molecule has 5 rings (SSSR count). The van der Waals surface area contributed by atoms with E-state index >= 15 is 0 Å². The summed E-state index contributed by atoms with van der Waals surface area (Å²) in [6.07, 6.45) is -0.670. The first-order valence-corrected chi connectivity index (χ1v) is 11.0. The van der Waals surface area contributed by atoms with Crippen molar-refractivity contribution in [1.29, 1.82) is 0 Å². The van der Waals surface area contributed by atoms with Gasteiger partial charge in [0.25, 0.3) is 5.91 Å². The van der Waals surface area contributed by atoms with Gasteiger partial charge in [0.05, 0.1) is 6.04 Å². The molecule has 0 spiro atoms. The van der Waals surface area contributed by atoms with Crippen LogP contribution in [0.2, 0.25) is 0 Å². The van der Waals surface area contributed by atoms with Crippen molar-refractivity contribution >= 4 is 5.91 Å². The molecule has 0 aromatic heterocycles. The number of para-hydroxylation sites is 2. The van der Waals surface area contributed by atoms with Gasteiger partial charge in [0.1, 0.15) is 18.2 Å². The Hall–Kier alpha value is -3.45. The van der Waals surface area contributed by atoms with Crippen LogP contribution in [0.1, 0.15) is 17.2 Å². The molecule has 2 heterocycles. The van der Waals surface area contributed by atoms with E-state index in [1.54, 1.807) is 35.2 Å². The highest BCUT2D eigenvalue weighted by molar-refractivity contribution is 5.82. The molecule has 0 N–H and O–H groups in total. The molecular formula is C26H24F2N2O3. The van der Waals surface area contributed by atoms with Crippen molar-refractivity contribution in [3.63, 3.8) is 0 Å². The first-order valence-electron chi connectivity index (χ1n) is 11.0. The van der Waals surface area contributed by atoms with Gasteiger partial charge in [-0.2, -0.15) is 0 Å². The summed E-state index contributed by atoms with van der Waals surface area (Å²) in [6, 6.07) is 19.9. The second kappa shape index (κ2) is 9.19. The highest BCUT2D eigenvalue weighted by Crippen LogP contribution is 2.32. The maximum Gasteiger partial charge on any atom is 0.267 e. The molecule has 0 bridgehead atoms. The van der Waals surface area contributed by atoms with Crippen LogP contribution in [0.3, 0.4) is 0 Å².